The topological polar surface area (TPSA) is 104 Å². The molecular formula is C25H21N3O6S. The highest BCUT2D eigenvalue weighted by Gasteiger charge is 2.16. The van der Waals surface area contributed by atoms with Crippen molar-refractivity contribution in [2.45, 2.75) is 6.54 Å². The summed E-state index contributed by atoms with van der Waals surface area (Å²) in [6.07, 6.45) is 0. The number of ether oxygens (including phenoxy) is 4. The molecule has 2 heterocycles. The Morgan fingerprint density at radius 3 is 2.69 bits per heavy atom. The molecule has 178 valence electrons. The van der Waals surface area contributed by atoms with E-state index in [2.05, 4.69) is 10.3 Å². The van der Waals surface area contributed by atoms with Gasteiger partial charge in [-0.1, -0.05) is 6.07 Å². The number of nitrogens with one attached hydrogen (secondary N) is 2. The average molecular weight is 492 g/mol. The third kappa shape index (κ3) is 4.19. The fourth-order valence-corrected chi connectivity index (χ4v) is 4.17. The summed E-state index contributed by atoms with van der Waals surface area (Å²) in [4.78, 5) is 29.2. The third-order valence-corrected chi connectivity index (χ3v) is 5.96. The van der Waals surface area contributed by atoms with Gasteiger partial charge in [-0.3, -0.25) is 9.59 Å². The van der Waals surface area contributed by atoms with Crippen LogP contribution in [0.15, 0.2) is 59.4 Å². The Morgan fingerprint density at radius 2 is 1.89 bits per heavy atom. The summed E-state index contributed by atoms with van der Waals surface area (Å²) in [6, 6.07) is 15.4. The minimum Gasteiger partial charge on any atom is -0.497 e. The highest BCUT2D eigenvalue weighted by atomic mass is 32.1. The number of fused-ring (bicyclic) bond motifs is 2. The standard InChI is InChI=1S/C25H21N3O6S/c1-31-16-5-7-19(21(11-16)32-2)28-24(30)17-6-4-15(10-18(17)27-25(28)35)23(29)26-12-14-3-8-20-22(9-14)34-13-33-20/h3-11H,12-13H2,1-2H3,(H,26,29)(H,27,35). The fourth-order valence-electron chi connectivity index (χ4n) is 3.88. The van der Waals surface area contributed by atoms with Crippen LogP contribution in [0.5, 0.6) is 23.0 Å². The Balaban J connectivity index is 1.43. The zero-order chi connectivity index (χ0) is 24.5. The summed E-state index contributed by atoms with van der Waals surface area (Å²) in [5.74, 6) is 2.07. The zero-order valence-electron chi connectivity index (χ0n) is 18.9. The van der Waals surface area contributed by atoms with Crippen molar-refractivity contribution in [1.82, 2.24) is 14.9 Å². The minimum absolute atomic E-state index is 0.170. The molecule has 0 aliphatic carbocycles. The first-order chi connectivity index (χ1) is 17.0. The molecule has 3 aromatic carbocycles. The predicted molar refractivity (Wildman–Crippen MR) is 132 cm³/mol. The number of H-pyrrole nitrogens is 1. The number of rotatable bonds is 6. The summed E-state index contributed by atoms with van der Waals surface area (Å²) in [6.45, 7) is 0.499. The molecule has 1 aliphatic heterocycles. The SMILES string of the molecule is COc1ccc(-n2c(=S)[nH]c3cc(C(=O)NCc4ccc5c(c4)OCO5)ccc3c2=O)c(OC)c1. The van der Waals surface area contributed by atoms with Gasteiger partial charge in [-0.05, 0) is 60.2 Å². The van der Waals surface area contributed by atoms with Crippen LogP contribution in [-0.4, -0.2) is 36.5 Å². The molecule has 0 spiro atoms. The van der Waals surface area contributed by atoms with E-state index in [-0.39, 0.29) is 23.0 Å². The lowest BCUT2D eigenvalue weighted by molar-refractivity contribution is 0.0951. The number of methoxy groups -OCH3 is 2. The maximum atomic E-state index is 13.3. The quantitative estimate of drug-likeness (QED) is 0.396. The maximum absolute atomic E-state index is 13.3. The minimum atomic E-state index is -0.334. The van der Waals surface area contributed by atoms with Crippen LogP contribution in [0, 0.1) is 4.77 Å². The van der Waals surface area contributed by atoms with Crippen molar-refractivity contribution >= 4 is 29.0 Å². The van der Waals surface area contributed by atoms with Crippen LogP contribution in [0.4, 0.5) is 0 Å². The highest BCUT2D eigenvalue weighted by Crippen LogP contribution is 2.32. The Kier molecular flexibility index (Phi) is 5.87. The lowest BCUT2D eigenvalue weighted by Crippen LogP contribution is -2.24. The molecule has 35 heavy (non-hydrogen) atoms. The maximum Gasteiger partial charge on any atom is 0.266 e. The van der Waals surface area contributed by atoms with Gasteiger partial charge < -0.3 is 29.2 Å². The molecule has 0 radical (unpaired) electrons. The Hall–Kier alpha value is -4.31. The van der Waals surface area contributed by atoms with Crippen LogP contribution < -0.4 is 29.8 Å². The van der Waals surface area contributed by atoms with Gasteiger partial charge in [0.25, 0.3) is 11.5 Å². The summed E-state index contributed by atoms with van der Waals surface area (Å²) >= 11 is 5.48. The molecule has 0 atom stereocenters. The largest absolute Gasteiger partial charge is 0.497 e. The van der Waals surface area contributed by atoms with E-state index in [4.69, 9.17) is 31.2 Å². The van der Waals surface area contributed by atoms with E-state index in [1.165, 1.54) is 11.7 Å². The number of benzene rings is 3. The average Bonchev–Trinajstić information content (AvgIpc) is 3.35. The summed E-state index contributed by atoms with van der Waals surface area (Å²) in [5, 5.41) is 3.26. The Morgan fingerprint density at radius 1 is 1.06 bits per heavy atom. The lowest BCUT2D eigenvalue weighted by Gasteiger charge is -2.13. The summed E-state index contributed by atoms with van der Waals surface area (Å²) < 4.78 is 22.9. The smallest absolute Gasteiger partial charge is 0.266 e. The van der Waals surface area contributed by atoms with Crippen molar-refractivity contribution in [3.63, 3.8) is 0 Å². The first-order valence-corrected chi connectivity index (χ1v) is 11.1. The van der Waals surface area contributed by atoms with Gasteiger partial charge in [0.2, 0.25) is 6.79 Å². The van der Waals surface area contributed by atoms with Gasteiger partial charge in [-0.15, -0.1) is 0 Å². The van der Waals surface area contributed by atoms with Crippen molar-refractivity contribution in [3.05, 3.63) is 80.8 Å². The Bertz CT molecular complexity index is 1580. The van der Waals surface area contributed by atoms with Crippen LogP contribution in [0.2, 0.25) is 0 Å². The normalized spacial score (nSPS) is 11.9. The summed E-state index contributed by atoms with van der Waals surface area (Å²) in [7, 11) is 3.05. The monoisotopic (exact) mass is 491 g/mol. The van der Waals surface area contributed by atoms with E-state index in [1.807, 2.05) is 18.2 Å². The molecule has 1 aliphatic rings. The second-order valence-corrected chi connectivity index (χ2v) is 8.13. The first kappa shape index (κ1) is 22.5. The Labute approximate surface area is 204 Å². The van der Waals surface area contributed by atoms with Crippen molar-refractivity contribution in [2.24, 2.45) is 0 Å². The fraction of sp³-hybridized carbons (Fsp3) is 0.160. The number of carbonyl (C=O) groups excluding carboxylic acids is 1. The molecule has 0 saturated heterocycles. The molecule has 4 aromatic rings. The van der Waals surface area contributed by atoms with Gasteiger partial charge in [0.15, 0.2) is 16.3 Å². The van der Waals surface area contributed by atoms with E-state index in [0.29, 0.717) is 51.7 Å². The van der Waals surface area contributed by atoms with Crippen LogP contribution in [0.1, 0.15) is 15.9 Å². The molecule has 5 rings (SSSR count). The van der Waals surface area contributed by atoms with Gasteiger partial charge in [-0.25, -0.2) is 4.57 Å². The molecule has 2 N–H and O–H groups in total. The number of amides is 1. The van der Waals surface area contributed by atoms with Crippen molar-refractivity contribution in [2.75, 3.05) is 21.0 Å². The van der Waals surface area contributed by atoms with E-state index < -0.39 is 0 Å². The second-order valence-electron chi connectivity index (χ2n) is 7.74. The van der Waals surface area contributed by atoms with Crippen LogP contribution in [0.3, 0.4) is 0 Å². The van der Waals surface area contributed by atoms with Crippen LogP contribution in [0.25, 0.3) is 16.6 Å². The number of carbonyl (C=O) groups is 1. The molecule has 1 aromatic heterocycles. The zero-order valence-corrected chi connectivity index (χ0v) is 19.7. The molecule has 0 bridgehead atoms. The van der Waals surface area contributed by atoms with Crippen molar-refractivity contribution in [1.29, 1.82) is 0 Å². The van der Waals surface area contributed by atoms with Crippen LogP contribution >= 0.6 is 12.2 Å². The van der Waals surface area contributed by atoms with Gasteiger partial charge in [-0.2, -0.15) is 0 Å². The predicted octanol–water partition coefficient (Wildman–Crippen LogP) is 3.72. The number of aromatic amines is 1. The van der Waals surface area contributed by atoms with E-state index in [0.717, 1.165) is 5.56 Å². The molecule has 9 nitrogen and oxygen atoms in total. The van der Waals surface area contributed by atoms with E-state index >= 15 is 0 Å². The molecule has 10 heteroatoms. The second kappa shape index (κ2) is 9.15. The van der Waals surface area contributed by atoms with Crippen molar-refractivity contribution in [3.8, 4) is 28.7 Å². The van der Waals surface area contributed by atoms with Crippen molar-refractivity contribution < 1.29 is 23.7 Å². The molecule has 1 amide bonds. The van der Waals surface area contributed by atoms with Gasteiger partial charge >= 0.3 is 0 Å². The first-order valence-electron chi connectivity index (χ1n) is 10.7. The number of aromatic nitrogens is 2. The lowest BCUT2D eigenvalue weighted by atomic mass is 10.1. The van der Waals surface area contributed by atoms with Crippen LogP contribution in [-0.2, 0) is 6.54 Å². The van der Waals surface area contributed by atoms with Gasteiger partial charge in [0, 0.05) is 18.2 Å². The molecule has 0 fully saturated rings. The molecular weight excluding hydrogens is 470 g/mol. The summed E-state index contributed by atoms with van der Waals surface area (Å²) in [5.41, 5.74) is 1.87. The number of nitrogens with zero attached hydrogens (tertiary/aromatic N) is 1. The molecule has 0 unspecified atom stereocenters. The van der Waals surface area contributed by atoms with Gasteiger partial charge in [0.05, 0.1) is 30.8 Å². The van der Waals surface area contributed by atoms with E-state index in [9.17, 15) is 9.59 Å². The van der Waals surface area contributed by atoms with Gasteiger partial charge in [0.1, 0.15) is 11.5 Å². The number of hydrogen-bond acceptors (Lipinski definition) is 7. The highest BCUT2D eigenvalue weighted by molar-refractivity contribution is 7.71. The van der Waals surface area contributed by atoms with E-state index in [1.54, 1.807) is 43.5 Å². The number of hydrogen-bond donors (Lipinski definition) is 2. The third-order valence-electron chi connectivity index (χ3n) is 5.68. The molecule has 0 saturated carbocycles.